The van der Waals surface area contributed by atoms with Gasteiger partial charge in [-0.1, -0.05) is 6.07 Å². The number of primary amides is 1. The van der Waals surface area contributed by atoms with Crippen molar-refractivity contribution in [1.82, 2.24) is 4.98 Å². The smallest absolute Gasteiger partial charge is 0.255 e. The van der Waals surface area contributed by atoms with Gasteiger partial charge in [0.05, 0.1) is 17.9 Å². The molecule has 0 radical (unpaired) electrons. The van der Waals surface area contributed by atoms with Crippen LogP contribution in [0.3, 0.4) is 0 Å². The number of aliphatic hydroxyl groups is 3. The van der Waals surface area contributed by atoms with E-state index in [1.807, 2.05) is 0 Å². The van der Waals surface area contributed by atoms with E-state index in [9.17, 15) is 34.8 Å². The van der Waals surface area contributed by atoms with E-state index in [1.165, 1.54) is 7.11 Å². The lowest BCUT2D eigenvalue weighted by Crippen LogP contribution is -2.57. The predicted octanol–water partition coefficient (Wildman–Crippen LogP) is 1.79. The first-order valence-corrected chi connectivity index (χ1v) is 11.4. The number of fused-ring (bicyclic) bond motifs is 3. The molecule has 0 spiro atoms. The predicted molar refractivity (Wildman–Crippen MR) is 125 cm³/mol. The van der Waals surface area contributed by atoms with Crippen LogP contribution in [-0.4, -0.2) is 55.6 Å². The minimum Gasteiger partial charge on any atom is -0.511 e. The van der Waals surface area contributed by atoms with Gasteiger partial charge in [0.25, 0.3) is 5.91 Å². The zero-order valence-electron chi connectivity index (χ0n) is 19.3. The summed E-state index contributed by atoms with van der Waals surface area (Å²) in [7, 11) is 1.44. The highest BCUT2D eigenvalue weighted by molar-refractivity contribution is 6.24. The second-order valence-corrected chi connectivity index (χ2v) is 9.34. The SMILES string of the molecule is COCc1cc(-c2ccccn2)c2c(c1O)C(=O)C1=C(O)[C@]3(O)C(=O)C(C(N)=O)=C(O)C[C@@H]3C[C@@H]1C2. The number of pyridine rings is 1. The van der Waals surface area contributed by atoms with E-state index >= 15 is 0 Å². The van der Waals surface area contributed by atoms with Gasteiger partial charge in [-0.2, -0.15) is 0 Å². The lowest BCUT2D eigenvalue weighted by molar-refractivity contribution is -0.144. The van der Waals surface area contributed by atoms with Gasteiger partial charge in [-0.25, -0.2) is 0 Å². The Morgan fingerprint density at radius 2 is 1.97 bits per heavy atom. The Hall–Kier alpha value is -4.02. The Morgan fingerprint density at radius 3 is 2.61 bits per heavy atom. The minimum atomic E-state index is -2.60. The largest absolute Gasteiger partial charge is 0.511 e. The standard InChI is InChI=1S/C26H24N2O8/c1-36-10-12-8-14(16-4-2-3-5-28-16)15-7-11-6-13-9-17(29)20(25(27)34)24(33)26(13,35)23(32)18(11)22(31)19(15)21(12)30/h2-5,8,11,13,29-30,32,35H,6-7,9-10H2,1H3,(H2,27,34)/t11-,13+,26+/m1/s1. The molecule has 2 aromatic rings. The van der Waals surface area contributed by atoms with Crippen LogP contribution in [0.25, 0.3) is 11.3 Å². The maximum absolute atomic E-state index is 13.8. The first-order chi connectivity index (χ1) is 17.1. The number of aromatic nitrogens is 1. The number of ketones is 2. The van der Waals surface area contributed by atoms with Crippen LogP contribution in [-0.2, 0) is 27.4 Å². The van der Waals surface area contributed by atoms with E-state index in [4.69, 9.17) is 10.5 Å². The van der Waals surface area contributed by atoms with Crippen molar-refractivity contribution < 1.29 is 39.5 Å². The molecule has 3 aliphatic carbocycles. The number of aromatic hydroxyl groups is 1. The number of benzene rings is 1. The van der Waals surface area contributed by atoms with E-state index in [0.29, 0.717) is 22.4 Å². The number of hydrogen-bond donors (Lipinski definition) is 5. The highest BCUT2D eigenvalue weighted by Crippen LogP contribution is 2.52. The molecule has 36 heavy (non-hydrogen) atoms. The molecule has 1 amide bonds. The fourth-order valence-corrected chi connectivity index (χ4v) is 5.76. The van der Waals surface area contributed by atoms with Gasteiger partial charge in [-0.15, -0.1) is 0 Å². The second-order valence-electron chi connectivity index (χ2n) is 9.34. The van der Waals surface area contributed by atoms with Gasteiger partial charge in [0.1, 0.15) is 22.8 Å². The number of ether oxygens (including phenoxy) is 1. The van der Waals surface area contributed by atoms with Gasteiger partial charge in [-0.05, 0) is 42.5 Å². The average Bonchev–Trinajstić information content (AvgIpc) is 2.83. The summed E-state index contributed by atoms with van der Waals surface area (Å²) in [6, 6.07) is 7.01. The highest BCUT2D eigenvalue weighted by atomic mass is 16.5. The van der Waals surface area contributed by atoms with Crippen molar-refractivity contribution >= 4 is 17.5 Å². The summed E-state index contributed by atoms with van der Waals surface area (Å²) in [5.74, 6) is -6.62. The number of phenolic OH excluding ortho intramolecular Hbond substituents is 1. The van der Waals surface area contributed by atoms with Gasteiger partial charge >= 0.3 is 0 Å². The van der Waals surface area contributed by atoms with Gasteiger partial charge in [0, 0.05) is 42.3 Å². The van der Waals surface area contributed by atoms with Crippen LogP contribution in [0.4, 0.5) is 0 Å². The number of amides is 1. The van der Waals surface area contributed by atoms with Crippen molar-refractivity contribution in [3.63, 3.8) is 0 Å². The van der Waals surface area contributed by atoms with Gasteiger partial charge in [0.15, 0.2) is 11.4 Å². The van der Waals surface area contributed by atoms with Crippen LogP contribution in [0.1, 0.15) is 34.3 Å². The van der Waals surface area contributed by atoms with Crippen LogP contribution in [0, 0.1) is 11.8 Å². The number of allylic oxidation sites excluding steroid dienone is 2. The molecule has 5 rings (SSSR count). The summed E-state index contributed by atoms with van der Waals surface area (Å²) in [5.41, 5.74) is 3.58. The molecule has 6 N–H and O–H groups in total. The van der Waals surface area contributed by atoms with Crippen LogP contribution < -0.4 is 5.73 Å². The second kappa shape index (κ2) is 8.28. The van der Waals surface area contributed by atoms with E-state index < -0.39 is 52.0 Å². The molecule has 186 valence electrons. The third-order valence-corrected chi connectivity index (χ3v) is 7.38. The summed E-state index contributed by atoms with van der Waals surface area (Å²) in [6.45, 7) is -0.00275. The lowest BCUT2D eigenvalue weighted by Gasteiger charge is -2.45. The van der Waals surface area contributed by atoms with Crippen molar-refractivity contribution in [3.05, 3.63) is 69.8 Å². The maximum Gasteiger partial charge on any atom is 0.255 e. The van der Waals surface area contributed by atoms with Crippen LogP contribution >= 0.6 is 0 Å². The number of phenols is 1. The fraction of sp³-hybridized carbons (Fsp3) is 0.308. The molecule has 10 heteroatoms. The van der Waals surface area contributed by atoms with Crippen molar-refractivity contribution in [2.45, 2.75) is 31.5 Å². The highest BCUT2D eigenvalue weighted by Gasteiger charge is 2.59. The van der Waals surface area contributed by atoms with Crippen LogP contribution in [0.5, 0.6) is 5.75 Å². The van der Waals surface area contributed by atoms with E-state index in [0.717, 1.165) is 0 Å². The molecule has 0 unspecified atom stereocenters. The molecule has 1 aromatic carbocycles. The molecule has 3 aliphatic rings. The van der Waals surface area contributed by atoms with Gasteiger partial charge in [-0.3, -0.25) is 19.4 Å². The molecule has 1 aromatic heterocycles. The summed E-state index contributed by atoms with van der Waals surface area (Å²) in [6.07, 6.45) is 1.58. The van der Waals surface area contributed by atoms with E-state index in [-0.39, 0.29) is 42.8 Å². The molecule has 0 fully saturated rings. The van der Waals surface area contributed by atoms with Gasteiger partial charge in [0.2, 0.25) is 5.78 Å². The molecule has 1 heterocycles. The third-order valence-electron chi connectivity index (χ3n) is 7.38. The van der Waals surface area contributed by atoms with Crippen molar-refractivity contribution in [3.8, 4) is 17.0 Å². The zero-order chi connectivity index (χ0) is 25.9. The van der Waals surface area contributed by atoms with Crippen molar-refractivity contribution in [1.29, 1.82) is 0 Å². The maximum atomic E-state index is 13.8. The van der Waals surface area contributed by atoms with Crippen LogP contribution in [0.2, 0.25) is 0 Å². The monoisotopic (exact) mass is 492 g/mol. The molecule has 0 saturated carbocycles. The number of Topliss-reactive ketones (excluding diaryl/α,β-unsaturated/α-hetero) is 2. The lowest BCUT2D eigenvalue weighted by atomic mass is 9.60. The minimum absolute atomic E-state index is 0.00275. The Balaban J connectivity index is 1.73. The summed E-state index contributed by atoms with van der Waals surface area (Å²) in [5, 5.41) is 43.8. The summed E-state index contributed by atoms with van der Waals surface area (Å²) < 4.78 is 5.19. The van der Waals surface area contributed by atoms with E-state index in [1.54, 1.807) is 30.5 Å². The average molecular weight is 492 g/mol. The quantitative estimate of drug-likeness (QED) is 0.398. The number of carbonyl (C=O) groups excluding carboxylic acids is 3. The van der Waals surface area contributed by atoms with Crippen molar-refractivity contribution in [2.24, 2.45) is 17.6 Å². The summed E-state index contributed by atoms with van der Waals surface area (Å²) >= 11 is 0. The van der Waals surface area contributed by atoms with Crippen molar-refractivity contribution in [2.75, 3.05) is 7.11 Å². The number of carbonyl (C=O) groups is 3. The first kappa shape index (κ1) is 23.7. The fourth-order valence-electron chi connectivity index (χ4n) is 5.76. The third kappa shape index (κ3) is 3.18. The molecule has 0 saturated heterocycles. The number of hydrogen-bond acceptors (Lipinski definition) is 9. The Bertz CT molecular complexity index is 1390. The number of nitrogens with two attached hydrogens (primary N) is 1. The summed E-state index contributed by atoms with van der Waals surface area (Å²) in [4.78, 5) is 43.1. The molecule has 0 aliphatic heterocycles. The number of nitrogens with zero attached hydrogens (tertiary/aromatic N) is 1. The Kier molecular flexibility index (Phi) is 5.46. The molecular weight excluding hydrogens is 468 g/mol. The topological polar surface area (TPSA) is 180 Å². The number of aliphatic hydroxyl groups excluding tert-OH is 2. The van der Waals surface area contributed by atoms with Crippen LogP contribution in [0.15, 0.2) is 53.1 Å². The molecular formula is C26H24N2O8. The normalized spacial score (nSPS) is 25.4. The van der Waals surface area contributed by atoms with E-state index in [2.05, 4.69) is 4.98 Å². The Morgan fingerprint density at radius 1 is 1.22 bits per heavy atom. The Labute approximate surface area is 205 Å². The number of methoxy groups -OCH3 is 1. The van der Waals surface area contributed by atoms with Gasteiger partial charge < -0.3 is 30.9 Å². The molecule has 3 atom stereocenters. The molecule has 10 nitrogen and oxygen atoms in total. The number of rotatable bonds is 4. The molecule has 0 bridgehead atoms. The zero-order valence-corrected chi connectivity index (χ0v) is 19.3. The first-order valence-electron chi connectivity index (χ1n) is 11.4.